The molecule has 3 fully saturated rings. The molecule has 188 valence electrons. The van der Waals surface area contributed by atoms with Crippen LogP contribution in [0.2, 0.25) is 0 Å². The largest absolute Gasteiger partial charge is 0.322 e. The molecule has 6 nitrogen and oxygen atoms in total. The third-order valence-corrected chi connectivity index (χ3v) is 8.74. The van der Waals surface area contributed by atoms with Gasteiger partial charge in [0.1, 0.15) is 6.04 Å². The Hall–Kier alpha value is -2.99. The van der Waals surface area contributed by atoms with Crippen molar-refractivity contribution in [2.75, 3.05) is 6.54 Å². The molecule has 1 N–H and O–H groups in total. The predicted octanol–water partition coefficient (Wildman–Crippen LogP) is 4.83. The maximum absolute atomic E-state index is 13.1. The van der Waals surface area contributed by atoms with Gasteiger partial charge in [-0.15, -0.1) is 0 Å². The molecule has 3 aliphatic heterocycles. The second-order valence-electron chi connectivity index (χ2n) is 11.0. The van der Waals surface area contributed by atoms with Crippen molar-refractivity contribution in [1.82, 2.24) is 15.1 Å². The van der Waals surface area contributed by atoms with Crippen molar-refractivity contribution in [3.05, 3.63) is 70.3 Å². The zero-order valence-electron chi connectivity index (χ0n) is 20.9. The number of amides is 3. The number of nitrogens with one attached hydrogen (secondary N) is 1. The van der Waals surface area contributed by atoms with E-state index in [9.17, 15) is 14.4 Å². The maximum atomic E-state index is 13.1. The van der Waals surface area contributed by atoms with Crippen molar-refractivity contribution in [3.8, 4) is 0 Å². The number of hydrogen-bond acceptors (Lipinski definition) is 4. The first-order valence-corrected chi connectivity index (χ1v) is 13.7. The van der Waals surface area contributed by atoms with Crippen LogP contribution in [-0.2, 0) is 22.7 Å². The molecule has 0 spiro atoms. The summed E-state index contributed by atoms with van der Waals surface area (Å²) in [5, 5.41) is 2.39. The van der Waals surface area contributed by atoms with Crippen molar-refractivity contribution in [3.63, 3.8) is 0 Å². The summed E-state index contributed by atoms with van der Waals surface area (Å²) < 4.78 is 0. The van der Waals surface area contributed by atoms with Crippen LogP contribution in [0.25, 0.3) is 0 Å². The second kappa shape index (κ2) is 9.81. The second-order valence-corrected chi connectivity index (χ2v) is 11.0. The third-order valence-electron chi connectivity index (χ3n) is 8.74. The van der Waals surface area contributed by atoms with Crippen molar-refractivity contribution in [2.24, 2.45) is 0 Å². The van der Waals surface area contributed by atoms with E-state index in [1.54, 1.807) is 4.90 Å². The Morgan fingerprint density at radius 2 is 1.56 bits per heavy atom. The lowest BCUT2D eigenvalue weighted by molar-refractivity contribution is -0.136. The Kier molecular flexibility index (Phi) is 6.38. The van der Waals surface area contributed by atoms with Crippen molar-refractivity contribution >= 4 is 17.7 Å². The molecule has 2 atom stereocenters. The highest BCUT2D eigenvalue weighted by Gasteiger charge is 2.39. The van der Waals surface area contributed by atoms with E-state index in [4.69, 9.17) is 0 Å². The molecule has 1 saturated carbocycles. The maximum Gasteiger partial charge on any atom is 0.255 e. The van der Waals surface area contributed by atoms with Gasteiger partial charge in [0.2, 0.25) is 11.8 Å². The lowest BCUT2D eigenvalue weighted by Crippen LogP contribution is -2.52. The van der Waals surface area contributed by atoms with E-state index in [1.807, 2.05) is 6.07 Å². The first-order chi connectivity index (χ1) is 17.6. The van der Waals surface area contributed by atoms with Gasteiger partial charge in [-0.3, -0.25) is 24.6 Å². The van der Waals surface area contributed by atoms with E-state index < -0.39 is 6.04 Å². The van der Waals surface area contributed by atoms with E-state index in [1.165, 1.54) is 55.2 Å². The topological polar surface area (TPSA) is 69.7 Å². The van der Waals surface area contributed by atoms with Gasteiger partial charge in [-0.2, -0.15) is 0 Å². The summed E-state index contributed by atoms with van der Waals surface area (Å²) in [7, 11) is 0. The van der Waals surface area contributed by atoms with Crippen LogP contribution in [0.15, 0.2) is 42.5 Å². The Bertz CT molecular complexity index is 1170. The van der Waals surface area contributed by atoms with Gasteiger partial charge in [-0.1, -0.05) is 55.7 Å². The molecule has 2 saturated heterocycles. The zero-order chi connectivity index (χ0) is 24.6. The molecular formula is C30H35N3O3. The number of carbonyl (C=O) groups excluding carboxylic acids is 3. The minimum atomic E-state index is -0.565. The fourth-order valence-electron chi connectivity index (χ4n) is 6.75. The molecule has 36 heavy (non-hydrogen) atoms. The fourth-order valence-corrected chi connectivity index (χ4v) is 6.75. The van der Waals surface area contributed by atoms with Gasteiger partial charge in [-0.25, -0.2) is 0 Å². The summed E-state index contributed by atoms with van der Waals surface area (Å²) in [5.74, 6) is 0.0304. The van der Waals surface area contributed by atoms with Gasteiger partial charge in [0, 0.05) is 31.1 Å². The monoisotopic (exact) mass is 485 g/mol. The highest BCUT2D eigenvalue weighted by Crippen LogP contribution is 2.37. The van der Waals surface area contributed by atoms with Gasteiger partial charge in [0.15, 0.2) is 0 Å². The van der Waals surface area contributed by atoms with E-state index in [0.29, 0.717) is 24.6 Å². The molecule has 6 rings (SSSR count). The SMILES string of the molecule is O=C1CCC(N2Cc3cc(C4CCCCN4Cc4ccc(C5CCCC5)cc4)ccc3C2=O)C(=O)N1. The Morgan fingerprint density at radius 3 is 2.33 bits per heavy atom. The summed E-state index contributed by atoms with van der Waals surface area (Å²) in [6.07, 6.45) is 9.59. The molecule has 0 aromatic heterocycles. The summed E-state index contributed by atoms with van der Waals surface area (Å²) in [6, 6.07) is 15.3. The summed E-state index contributed by atoms with van der Waals surface area (Å²) >= 11 is 0. The Labute approximate surface area is 213 Å². The predicted molar refractivity (Wildman–Crippen MR) is 137 cm³/mol. The third kappa shape index (κ3) is 4.47. The first-order valence-electron chi connectivity index (χ1n) is 13.7. The molecule has 2 aromatic rings. The Balaban J connectivity index is 1.17. The minimum absolute atomic E-state index is 0.103. The number of nitrogens with zero attached hydrogens (tertiary/aromatic N) is 2. The van der Waals surface area contributed by atoms with Crippen LogP contribution in [0.4, 0.5) is 0 Å². The summed E-state index contributed by atoms with van der Waals surface area (Å²) in [4.78, 5) is 41.3. The van der Waals surface area contributed by atoms with Crippen LogP contribution in [0.3, 0.4) is 0 Å². The molecular weight excluding hydrogens is 450 g/mol. The first kappa shape index (κ1) is 23.4. The van der Waals surface area contributed by atoms with Crippen molar-refractivity contribution in [1.29, 1.82) is 0 Å². The normalized spacial score (nSPS) is 25.3. The number of fused-ring (bicyclic) bond motifs is 1. The number of rotatable bonds is 5. The van der Waals surface area contributed by atoms with Crippen molar-refractivity contribution < 1.29 is 14.4 Å². The van der Waals surface area contributed by atoms with Crippen molar-refractivity contribution in [2.45, 2.75) is 88.9 Å². The standard InChI is InChI=1S/C30H35N3O3/c34-28-15-14-27(29(35)31-28)33-19-24-17-23(12-13-25(24)30(33)36)26-7-3-4-16-32(26)18-20-8-10-22(11-9-20)21-5-1-2-6-21/h8-13,17,21,26-27H,1-7,14-16,18-19H2,(H,31,34,35). The number of imide groups is 1. The molecule has 2 aromatic carbocycles. The number of hydrogen-bond donors (Lipinski definition) is 1. The van der Waals surface area contributed by atoms with E-state index >= 15 is 0 Å². The molecule has 4 aliphatic rings. The average Bonchev–Trinajstić information content (AvgIpc) is 3.53. The van der Waals surface area contributed by atoms with E-state index in [-0.39, 0.29) is 24.1 Å². The number of piperidine rings is 2. The summed E-state index contributed by atoms with van der Waals surface area (Å²) in [5.41, 5.74) is 5.80. The Morgan fingerprint density at radius 1 is 0.806 bits per heavy atom. The van der Waals surface area contributed by atoms with Gasteiger partial charge < -0.3 is 4.90 Å². The molecule has 1 aliphatic carbocycles. The van der Waals surface area contributed by atoms with Crippen LogP contribution in [0.1, 0.15) is 102 Å². The van der Waals surface area contributed by atoms with Gasteiger partial charge in [0.05, 0.1) is 0 Å². The minimum Gasteiger partial charge on any atom is -0.322 e. The highest BCUT2D eigenvalue weighted by atomic mass is 16.2. The molecule has 0 radical (unpaired) electrons. The lowest BCUT2D eigenvalue weighted by atomic mass is 9.92. The quantitative estimate of drug-likeness (QED) is 0.616. The van der Waals surface area contributed by atoms with Gasteiger partial charge >= 0.3 is 0 Å². The average molecular weight is 486 g/mol. The van der Waals surface area contributed by atoms with Gasteiger partial charge in [-0.05, 0) is 72.9 Å². The fraction of sp³-hybridized carbons (Fsp3) is 0.500. The number of likely N-dealkylation sites (tertiary alicyclic amines) is 1. The smallest absolute Gasteiger partial charge is 0.255 e. The number of benzene rings is 2. The highest BCUT2D eigenvalue weighted by molar-refractivity contribution is 6.05. The van der Waals surface area contributed by atoms with Crippen LogP contribution >= 0.6 is 0 Å². The molecule has 6 heteroatoms. The van der Waals surface area contributed by atoms with Crippen LogP contribution < -0.4 is 5.32 Å². The molecule has 3 amide bonds. The van der Waals surface area contributed by atoms with Crippen LogP contribution in [-0.4, -0.2) is 40.1 Å². The number of carbonyl (C=O) groups is 3. The van der Waals surface area contributed by atoms with E-state index in [2.05, 4.69) is 46.6 Å². The van der Waals surface area contributed by atoms with Gasteiger partial charge in [0.25, 0.3) is 5.91 Å². The van der Waals surface area contributed by atoms with Crippen LogP contribution in [0, 0.1) is 0 Å². The zero-order valence-corrected chi connectivity index (χ0v) is 20.9. The molecule has 3 heterocycles. The molecule has 2 unspecified atom stereocenters. The summed E-state index contributed by atoms with van der Waals surface area (Å²) in [6.45, 7) is 2.45. The van der Waals surface area contributed by atoms with Crippen LogP contribution in [0.5, 0.6) is 0 Å². The lowest BCUT2D eigenvalue weighted by Gasteiger charge is -2.36. The van der Waals surface area contributed by atoms with E-state index in [0.717, 1.165) is 31.0 Å². The molecule has 0 bridgehead atoms.